The molecule has 0 spiro atoms. The number of aromatic amines is 1. The Morgan fingerprint density at radius 2 is 2.33 bits per heavy atom. The number of rotatable bonds is 1. The molecule has 0 aliphatic carbocycles. The molecule has 0 aliphatic heterocycles. The third kappa shape index (κ3) is 4.73. The zero-order valence-corrected chi connectivity index (χ0v) is 5.80. The van der Waals surface area contributed by atoms with Gasteiger partial charge < -0.3 is 21.0 Å². The number of carboxylic acid groups (broad SMARTS) is 1. The fourth-order valence-electron chi connectivity index (χ4n) is 0.357. The van der Waals surface area contributed by atoms with Gasteiger partial charge >= 0.3 is 12.0 Å². The fourth-order valence-corrected chi connectivity index (χ4v) is 0.357. The first-order chi connectivity index (χ1) is 5.54. The Balaban J connectivity index is 0.000000261. The molecule has 12 heavy (non-hydrogen) atoms. The number of nitrogens with one attached hydrogen (secondary N) is 1. The minimum absolute atomic E-state index is 0.218. The number of H-pyrrole nitrogens is 1. The van der Waals surface area contributed by atoms with E-state index in [4.69, 9.17) is 9.90 Å². The maximum absolute atomic E-state index is 9.77. The van der Waals surface area contributed by atoms with Gasteiger partial charge in [-0.3, -0.25) is 0 Å². The first kappa shape index (κ1) is 9.88. The summed E-state index contributed by atoms with van der Waals surface area (Å²) < 4.78 is 0. The topological polar surface area (TPSA) is 135 Å². The summed E-state index contributed by atoms with van der Waals surface area (Å²) in [4.78, 5) is 23.7. The lowest BCUT2D eigenvalue weighted by Gasteiger charge is -1.83. The Labute approximate surface area is 66.2 Å². The van der Waals surface area contributed by atoms with Crippen LogP contribution in [0.25, 0.3) is 0 Å². The van der Waals surface area contributed by atoms with Crippen LogP contribution >= 0.6 is 0 Å². The van der Waals surface area contributed by atoms with Gasteiger partial charge in [-0.05, 0) is 4.92 Å². The van der Waals surface area contributed by atoms with Crippen molar-refractivity contribution in [1.29, 1.82) is 0 Å². The van der Waals surface area contributed by atoms with E-state index in [1.165, 1.54) is 12.4 Å². The Bertz CT molecular complexity index is 252. The molecule has 0 saturated carbocycles. The van der Waals surface area contributed by atoms with Gasteiger partial charge in [-0.15, -0.1) is 0 Å². The normalized spacial score (nSPS) is 8.00. The Morgan fingerprint density at radius 1 is 1.83 bits per heavy atom. The number of carbonyl (C=O) groups is 1. The molecule has 0 bridgehead atoms. The van der Waals surface area contributed by atoms with E-state index in [1.807, 2.05) is 0 Å². The molecule has 0 aromatic carbocycles. The van der Waals surface area contributed by atoms with Crippen molar-refractivity contribution in [2.45, 2.75) is 0 Å². The molecular weight excluding hydrogens is 168 g/mol. The van der Waals surface area contributed by atoms with E-state index in [1.54, 1.807) is 0 Å². The maximum Gasteiger partial charge on any atom is 0.432 e. The maximum atomic E-state index is 9.77. The van der Waals surface area contributed by atoms with Crippen LogP contribution in [-0.4, -0.2) is 26.1 Å². The number of imidazole rings is 1. The Morgan fingerprint density at radius 3 is 2.50 bits per heavy atom. The molecule has 0 atom stereocenters. The van der Waals surface area contributed by atoms with Gasteiger partial charge in [0.1, 0.15) is 6.20 Å². The van der Waals surface area contributed by atoms with Crippen LogP contribution in [0.4, 0.5) is 10.7 Å². The van der Waals surface area contributed by atoms with Crippen LogP contribution < -0.4 is 5.73 Å². The van der Waals surface area contributed by atoms with Gasteiger partial charge in [0, 0.05) is 0 Å². The molecule has 0 unspecified atom stereocenters. The van der Waals surface area contributed by atoms with E-state index in [9.17, 15) is 10.1 Å². The molecule has 66 valence electrons. The van der Waals surface area contributed by atoms with E-state index in [0.29, 0.717) is 0 Å². The molecule has 0 aliphatic rings. The first-order valence-electron chi connectivity index (χ1n) is 2.66. The van der Waals surface area contributed by atoms with Crippen molar-refractivity contribution in [2.75, 3.05) is 0 Å². The van der Waals surface area contributed by atoms with Crippen LogP contribution in [0.5, 0.6) is 0 Å². The number of primary amides is 1. The molecule has 0 fully saturated rings. The average Bonchev–Trinajstić information content (AvgIpc) is 2.34. The lowest BCUT2D eigenvalue weighted by Crippen LogP contribution is -2.03. The molecular formula is C4H6N4O4. The predicted octanol–water partition coefficient (Wildman–Crippen LogP) is -0.0590. The smallest absolute Gasteiger partial charge is 0.432 e. The summed E-state index contributed by atoms with van der Waals surface area (Å²) in [5.74, 6) is -0.218. The Kier molecular flexibility index (Phi) is 3.84. The molecule has 8 nitrogen and oxygen atoms in total. The van der Waals surface area contributed by atoms with E-state index in [2.05, 4.69) is 15.7 Å². The molecule has 1 aromatic heterocycles. The van der Waals surface area contributed by atoms with Gasteiger partial charge in [-0.2, -0.15) is 0 Å². The van der Waals surface area contributed by atoms with E-state index in [0.717, 1.165) is 0 Å². The zero-order valence-electron chi connectivity index (χ0n) is 5.80. The third-order valence-corrected chi connectivity index (χ3v) is 0.657. The number of aromatic nitrogens is 2. The minimum Gasteiger partial charge on any atom is -0.465 e. The second-order valence-corrected chi connectivity index (χ2v) is 1.51. The zero-order chi connectivity index (χ0) is 9.56. The SMILES string of the molecule is NC(=O)O.O=[N+]([O-])c1ncc[nH]1. The van der Waals surface area contributed by atoms with Crippen LogP contribution in [0.1, 0.15) is 0 Å². The lowest BCUT2D eigenvalue weighted by molar-refractivity contribution is -0.393. The summed E-state index contributed by atoms with van der Waals surface area (Å²) in [7, 11) is 0. The van der Waals surface area contributed by atoms with Crippen molar-refractivity contribution in [3.8, 4) is 0 Å². The number of amides is 1. The number of nitro groups is 1. The van der Waals surface area contributed by atoms with Crippen LogP contribution in [-0.2, 0) is 0 Å². The highest BCUT2D eigenvalue weighted by molar-refractivity contribution is 5.61. The van der Waals surface area contributed by atoms with Crippen LogP contribution in [0.3, 0.4) is 0 Å². The second-order valence-electron chi connectivity index (χ2n) is 1.51. The molecule has 0 saturated heterocycles. The van der Waals surface area contributed by atoms with Crippen molar-refractivity contribution in [3.63, 3.8) is 0 Å². The average molecular weight is 174 g/mol. The summed E-state index contributed by atoms with van der Waals surface area (Å²) >= 11 is 0. The number of nitrogens with two attached hydrogens (primary N) is 1. The summed E-state index contributed by atoms with van der Waals surface area (Å²) in [6.45, 7) is 0. The molecule has 8 heteroatoms. The number of nitrogens with zero attached hydrogens (tertiary/aromatic N) is 2. The predicted molar refractivity (Wildman–Crippen MR) is 37.5 cm³/mol. The van der Waals surface area contributed by atoms with Crippen LogP contribution in [0, 0.1) is 10.1 Å². The van der Waals surface area contributed by atoms with Gasteiger partial charge in [-0.25, -0.2) is 9.78 Å². The monoisotopic (exact) mass is 174 g/mol. The first-order valence-corrected chi connectivity index (χ1v) is 2.66. The Hall–Kier alpha value is -2.12. The lowest BCUT2D eigenvalue weighted by atomic mass is 11.0. The van der Waals surface area contributed by atoms with E-state index >= 15 is 0 Å². The largest absolute Gasteiger partial charge is 0.465 e. The second kappa shape index (κ2) is 4.66. The molecule has 1 amide bonds. The van der Waals surface area contributed by atoms with E-state index < -0.39 is 11.0 Å². The number of hydrogen-bond donors (Lipinski definition) is 3. The van der Waals surface area contributed by atoms with Crippen molar-refractivity contribution >= 4 is 12.0 Å². The standard InChI is InChI=1S/C3H3N3O2.CH3NO2/c7-6(8)3-4-1-2-5-3;2-1(3)4/h1-2H,(H,4,5);2H2,(H,3,4). The number of hydrogen-bond acceptors (Lipinski definition) is 4. The van der Waals surface area contributed by atoms with Crippen molar-refractivity contribution in [2.24, 2.45) is 5.73 Å². The summed E-state index contributed by atoms with van der Waals surface area (Å²) in [6, 6.07) is 0. The quantitative estimate of drug-likeness (QED) is 0.404. The molecule has 1 aromatic rings. The van der Waals surface area contributed by atoms with Gasteiger partial charge in [0.25, 0.3) is 0 Å². The van der Waals surface area contributed by atoms with Crippen LogP contribution in [0.2, 0.25) is 0 Å². The molecule has 4 N–H and O–H groups in total. The summed E-state index contributed by atoms with van der Waals surface area (Å²) in [5.41, 5.74) is 4.03. The van der Waals surface area contributed by atoms with Gasteiger partial charge in [0.2, 0.25) is 0 Å². The van der Waals surface area contributed by atoms with Crippen LogP contribution in [0.15, 0.2) is 12.4 Å². The summed E-state index contributed by atoms with van der Waals surface area (Å²) in [6.07, 6.45) is 1.40. The highest BCUT2D eigenvalue weighted by atomic mass is 16.6. The fraction of sp³-hybridized carbons (Fsp3) is 0. The van der Waals surface area contributed by atoms with Crippen molar-refractivity contribution < 1.29 is 14.8 Å². The summed E-state index contributed by atoms with van der Waals surface area (Å²) in [5, 5.41) is 17.0. The van der Waals surface area contributed by atoms with Crippen molar-refractivity contribution in [3.05, 3.63) is 22.5 Å². The van der Waals surface area contributed by atoms with Gasteiger partial charge in [0.05, 0.1) is 6.20 Å². The molecule has 0 radical (unpaired) electrons. The van der Waals surface area contributed by atoms with E-state index in [-0.39, 0.29) is 5.95 Å². The highest BCUT2D eigenvalue weighted by Crippen LogP contribution is 1.96. The van der Waals surface area contributed by atoms with Gasteiger partial charge in [-0.1, -0.05) is 4.98 Å². The molecule has 1 heterocycles. The minimum atomic E-state index is -1.33. The van der Waals surface area contributed by atoms with Crippen molar-refractivity contribution in [1.82, 2.24) is 9.97 Å². The molecule has 1 rings (SSSR count). The highest BCUT2D eigenvalue weighted by Gasteiger charge is 2.01. The van der Waals surface area contributed by atoms with Gasteiger partial charge in [0.15, 0.2) is 0 Å². The third-order valence-electron chi connectivity index (χ3n) is 0.657.